The fourth-order valence-corrected chi connectivity index (χ4v) is 6.19. The Bertz CT molecular complexity index is 1270. The van der Waals surface area contributed by atoms with Crippen molar-refractivity contribution in [3.8, 4) is 11.1 Å². The van der Waals surface area contributed by atoms with E-state index in [1.807, 2.05) is 49.5 Å². The summed E-state index contributed by atoms with van der Waals surface area (Å²) in [4.78, 5) is 18.4. The van der Waals surface area contributed by atoms with E-state index in [-0.39, 0.29) is 11.4 Å². The molecule has 1 N–H and O–H groups in total. The Labute approximate surface area is 188 Å². The Balaban J connectivity index is 1.33. The molecule has 8 heteroatoms. The maximum atomic E-state index is 13.2. The van der Waals surface area contributed by atoms with Crippen molar-refractivity contribution in [2.45, 2.75) is 23.3 Å². The molecule has 1 amide bonds. The molecular formula is C24H26N4O3S. The molecule has 2 saturated heterocycles. The molecule has 1 spiro atoms. The molecule has 3 heterocycles. The Morgan fingerprint density at radius 2 is 1.72 bits per heavy atom. The van der Waals surface area contributed by atoms with Crippen molar-refractivity contribution in [1.82, 2.24) is 19.5 Å². The normalized spacial score (nSPS) is 19.8. The average Bonchev–Trinajstić information content (AvgIpc) is 2.82. The minimum Gasteiger partial charge on any atom is -0.353 e. The van der Waals surface area contributed by atoms with E-state index in [1.165, 1.54) is 0 Å². The number of likely N-dealkylation sites (N-methyl/N-ethyl adjacent to an activating group) is 1. The van der Waals surface area contributed by atoms with Crippen LogP contribution in [0.15, 0.2) is 65.7 Å². The Kier molecular flexibility index (Phi) is 5.23. The summed E-state index contributed by atoms with van der Waals surface area (Å²) >= 11 is 0. The summed E-state index contributed by atoms with van der Waals surface area (Å²) < 4.78 is 28.1. The van der Waals surface area contributed by atoms with E-state index >= 15 is 0 Å². The zero-order chi connectivity index (χ0) is 22.3. The van der Waals surface area contributed by atoms with Crippen molar-refractivity contribution in [2.75, 3.05) is 33.2 Å². The van der Waals surface area contributed by atoms with Crippen molar-refractivity contribution in [3.05, 3.63) is 60.8 Å². The number of amides is 1. The summed E-state index contributed by atoms with van der Waals surface area (Å²) in [6.07, 6.45) is 3.17. The van der Waals surface area contributed by atoms with Crippen LogP contribution in [-0.4, -0.2) is 67.3 Å². The number of carbonyl (C=O) groups is 1. The summed E-state index contributed by atoms with van der Waals surface area (Å²) in [7, 11) is -1.62. The van der Waals surface area contributed by atoms with Crippen LogP contribution in [0, 0.1) is 0 Å². The minimum atomic E-state index is -3.56. The van der Waals surface area contributed by atoms with Crippen molar-refractivity contribution < 1.29 is 13.2 Å². The highest BCUT2D eigenvalue weighted by Crippen LogP contribution is 2.32. The number of fused-ring (bicyclic) bond motifs is 1. The number of rotatable bonds is 3. The van der Waals surface area contributed by atoms with Gasteiger partial charge in [-0.05, 0) is 55.3 Å². The maximum Gasteiger partial charge on any atom is 0.243 e. The van der Waals surface area contributed by atoms with Crippen LogP contribution in [0.25, 0.3) is 22.0 Å². The lowest BCUT2D eigenvalue weighted by Gasteiger charge is -2.49. The number of hydrogen-bond donors (Lipinski definition) is 1. The second kappa shape index (κ2) is 7.95. The van der Waals surface area contributed by atoms with Crippen molar-refractivity contribution in [1.29, 1.82) is 0 Å². The van der Waals surface area contributed by atoms with Crippen molar-refractivity contribution >= 4 is 26.8 Å². The lowest BCUT2D eigenvalue weighted by molar-refractivity contribution is -0.128. The predicted molar refractivity (Wildman–Crippen MR) is 124 cm³/mol. The highest BCUT2D eigenvalue weighted by atomic mass is 32.2. The number of pyridine rings is 1. The minimum absolute atomic E-state index is 0.0236. The summed E-state index contributed by atoms with van der Waals surface area (Å²) in [5, 5.41) is 4.01. The zero-order valence-corrected chi connectivity index (χ0v) is 18.8. The first-order valence-electron chi connectivity index (χ1n) is 10.8. The van der Waals surface area contributed by atoms with Crippen LogP contribution in [0.2, 0.25) is 0 Å². The van der Waals surface area contributed by atoms with E-state index in [1.54, 1.807) is 22.6 Å². The Hall–Kier alpha value is -2.81. The van der Waals surface area contributed by atoms with Crippen molar-refractivity contribution in [3.63, 3.8) is 0 Å². The number of nitrogens with zero attached hydrogens (tertiary/aromatic N) is 3. The third-order valence-corrected chi connectivity index (χ3v) is 8.80. The van der Waals surface area contributed by atoms with Gasteiger partial charge in [0.05, 0.1) is 17.0 Å². The fourth-order valence-electron chi connectivity index (χ4n) is 4.75. The molecule has 2 aliphatic heterocycles. The van der Waals surface area contributed by atoms with Gasteiger partial charge in [-0.3, -0.25) is 14.7 Å². The molecule has 0 unspecified atom stereocenters. The fraction of sp³-hybridized carbons (Fsp3) is 0.333. The Morgan fingerprint density at radius 3 is 2.44 bits per heavy atom. The summed E-state index contributed by atoms with van der Waals surface area (Å²) in [5.74, 6) is 0.0236. The van der Waals surface area contributed by atoms with Crippen LogP contribution in [0.4, 0.5) is 0 Å². The number of sulfonamides is 1. The van der Waals surface area contributed by atoms with E-state index in [9.17, 15) is 13.2 Å². The third kappa shape index (κ3) is 3.68. The number of hydrogen-bond acceptors (Lipinski definition) is 5. The molecule has 0 bridgehead atoms. The third-order valence-electron chi connectivity index (χ3n) is 6.89. The standard InChI is InChI=1S/C24H26N4O3S/c1-27-16-23(29)26-17-24(27)10-13-28(14-11-24)32(30,31)21-8-6-18(7-9-21)20-5-4-19-3-2-12-25-22(19)15-20/h2-9,12,15H,10-11,13-14,16-17H2,1H3,(H,26,29). The average molecular weight is 451 g/mol. The molecule has 2 fully saturated rings. The van der Waals surface area contributed by atoms with Crippen LogP contribution < -0.4 is 5.32 Å². The van der Waals surface area contributed by atoms with Gasteiger partial charge in [0.2, 0.25) is 15.9 Å². The zero-order valence-electron chi connectivity index (χ0n) is 18.0. The van der Waals surface area contributed by atoms with E-state index in [0.29, 0.717) is 43.9 Å². The summed E-state index contributed by atoms with van der Waals surface area (Å²) in [6.45, 7) is 1.82. The van der Waals surface area contributed by atoms with Gasteiger partial charge in [0, 0.05) is 36.8 Å². The highest BCUT2D eigenvalue weighted by molar-refractivity contribution is 7.89. The number of carbonyl (C=O) groups excluding carboxylic acids is 1. The number of benzene rings is 2. The molecule has 166 valence electrons. The second-order valence-electron chi connectivity index (χ2n) is 8.70. The van der Waals surface area contributed by atoms with E-state index in [0.717, 1.165) is 22.0 Å². The van der Waals surface area contributed by atoms with Gasteiger partial charge < -0.3 is 5.32 Å². The molecule has 3 aromatic rings. The first-order chi connectivity index (χ1) is 15.4. The molecule has 1 aromatic heterocycles. The predicted octanol–water partition coefficient (Wildman–Crippen LogP) is 2.49. The van der Waals surface area contributed by atoms with Gasteiger partial charge in [0.1, 0.15) is 0 Å². The maximum absolute atomic E-state index is 13.2. The number of nitrogens with one attached hydrogen (secondary N) is 1. The smallest absolute Gasteiger partial charge is 0.243 e. The topological polar surface area (TPSA) is 82.6 Å². The molecule has 2 aliphatic rings. The number of aromatic nitrogens is 1. The molecule has 0 radical (unpaired) electrons. The molecule has 5 rings (SSSR count). The van der Waals surface area contributed by atoms with E-state index < -0.39 is 10.0 Å². The van der Waals surface area contributed by atoms with E-state index in [2.05, 4.69) is 15.2 Å². The van der Waals surface area contributed by atoms with E-state index in [4.69, 9.17) is 0 Å². The number of piperazine rings is 1. The van der Waals surface area contributed by atoms with Gasteiger partial charge in [-0.2, -0.15) is 4.31 Å². The van der Waals surface area contributed by atoms with Gasteiger partial charge in [0.25, 0.3) is 0 Å². The van der Waals surface area contributed by atoms with Gasteiger partial charge in [-0.15, -0.1) is 0 Å². The quantitative estimate of drug-likeness (QED) is 0.663. The lowest BCUT2D eigenvalue weighted by Crippen LogP contribution is -2.65. The van der Waals surface area contributed by atoms with Crippen LogP contribution in [0.1, 0.15) is 12.8 Å². The van der Waals surface area contributed by atoms with Crippen LogP contribution in [-0.2, 0) is 14.8 Å². The molecule has 0 aliphatic carbocycles. The van der Waals surface area contributed by atoms with Gasteiger partial charge in [-0.25, -0.2) is 8.42 Å². The molecule has 7 nitrogen and oxygen atoms in total. The van der Waals surface area contributed by atoms with Crippen LogP contribution in [0.5, 0.6) is 0 Å². The number of piperidine rings is 1. The first-order valence-corrected chi connectivity index (χ1v) is 12.2. The largest absolute Gasteiger partial charge is 0.353 e. The molecular weight excluding hydrogens is 424 g/mol. The molecule has 32 heavy (non-hydrogen) atoms. The SMILES string of the molecule is CN1CC(=O)NCC12CCN(S(=O)(=O)c1ccc(-c3ccc4cccnc4c3)cc1)CC2. The molecule has 0 atom stereocenters. The second-order valence-corrected chi connectivity index (χ2v) is 10.6. The highest BCUT2D eigenvalue weighted by Gasteiger charge is 2.43. The van der Waals surface area contributed by atoms with Gasteiger partial charge >= 0.3 is 0 Å². The lowest BCUT2D eigenvalue weighted by atomic mass is 9.85. The van der Waals surface area contributed by atoms with Gasteiger partial charge in [-0.1, -0.05) is 30.3 Å². The monoisotopic (exact) mass is 450 g/mol. The summed E-state index contributed by atoms with van der Waals surface area (Å²) in [6, 6.07) is 17.1. The molecule has 0 saturated carbocycles. The molecule has 2 aromatic carbocycles. The first kappa shape index (κ1) is 21.1. The van der Waals surface area contributed by atoms with Crippen LogP contribution >= 0.6 is 0 Å². The summed E-state index contributed by atoms with van der Waals surface area (Å²) in [5.41, 5.74) is 2.71. The van der Waals surface area contributed by atoms with Crippen molar-refractivity contribution in [2.24, 2.45) is 0 Å². The van der Waals surface area contributed by atoms with Gasteiger partial charge in [0.15, 0.2) is 0 Å². The van der Waals surface area contributed by atoms with Crippen LogP contribution in [0.3, 0.4) is 0 Å². The Morgan fingerprint density at radius 1 is 1.00 bits per heavy atom.